The second-order valence-electron chi connectivity index (χ2n) is 6.24. The molecule has 0 atom stereocenters. The number of rotatable bonds is 5. The number of hydrogen-bond acceptors (Lipinski definition) is 4. The first kappa shape index (κ1) is 15.7. The highest BCUT2D eigenvalue weighted by molar-refractivity contribution is 5.97. The van der Waals surface area contributed by atoms with Crippen LogP contribution in [0.15, 0.2) is 36.8 Å². The summed E-state index contributed by atoms with van der Waals surface area (Å²) >= 11 is 0. The van der Waals surface area contributed by atoms with E-state index in [0.717, 1.165) is 45.1 Å². The lowest BCUT2D eigenvalue weighted by Gasteiger charge is -2.31. The molecule has 3 rings (SSSR count). The molecule has 0 spiro atoms. The fraction of sp³-hybridized carbons (Fsp3) is 0.471. The molecule has 0 aromatic carbocycles. The van der Waals surface area contributed by atoms with Crippen molar-refractivity contribution in [2.24, 2.45) is 5.73 Å². The lowest BCUT2D eigenvalue weighted by molar-refractivity contribution is -0.122. The highest BCUT2D eigenvalue weighted by Gasteiger charge is 2.35. The average molecular weight is 313 g/mol. The highest BCUT2D eigenvalue weighted by atomic mass is 16.2. The lowest BCUT2D eigenvalue weighted by atomic mass is 9.82. The molecule has 6 nitrogen and oxygen atoms in total. The molecule has 23 heavy (non-hydrogen) atoms. The summed E-state index contributed by atoms with van der Waals surface area (Å²) in [6, 6.07) is 5.80. The Kier molecular flexibility index (Phi) is 4.71. The molecule has 1 fully saturated rings. The minimum atomic E-state index is -0.737. The van der Waals surface area contributed by atoms with E-state index in [1.54, 1.807) is 12.4 Å². The normalized spacial score (nSPS) is 16.9. The molecule has 1 aliphatic rings. The zero-order chi connectivity index (χ0) is 16.1. The van der Waals surface area contributed by atoms with Crippen LogP contribution in [0.5, 0.6) is 0 Å². The predicted octanol–water partition coefficient (Wildman–Crippen LogP) is 2.12. The topological polar surface area (TPSA) is 85.8 Å². The zero-order valence-corrected chi connectivity index (χ0v) is 13.2. The molecule has 2 heterocycles. The molecule has 0 aliphatic heterocycles. The summed E-state index contributed by atoms with van der Waals surface area (Å²) in [7, 11) is 0. The Morgan fingerprint density at radius 1 is 1.22 bits per heavy atom. The molecule has 1 saturated carbocycles. The fourth-order valence-electron chi connectivity index (χ4n) is 3.00. The Bertz CT molecular complexity index is 646. The average Bonchev–Trinajstić information content (AvgIpc) is 3.02. The van der Waals surface area contributed by atoms with Crippen molar-refractivity contribution in [2.45, 2.75) is 50.6 Å². The number of hydrogen-bond donors (Lipinski definition) is 2. The van der Waals surface area contributed by atoms with Crippen LogP contribution < -0.4 is 11.1 Å². The number of aromatic nitrogens is 3. The molecule has 1 aliphatic carbocycles. The van der Waals surface area contributed by atoms with E-state index in [1.807, 2.05) is 29.1 Å². The number of nitrogens with zero attached hydrogens (tertiary/aromatic N) is 3. The van der Waals surface area contributed by atoms with Gasteiger partial charge in [-0.1, -0.05) is 19.3 Å². The van der Waals surface area contributed by atoms with Crippen molar-refractivity contribution in [1.29, 1.82) is 0 Å². The molecule has 3 N–H and O–H groups in total. The fourth-order valence-corrected chi connectivity index (χ4v) is 3.00. The molecule has 0 saturated heterocycles. The van der Waals surface area contributed by atoms with E-state index < -0.39 is 5.54 Å². The van der Waals surface area contributed by atoms with Crippen LogP contribution in [0, 0.1) is 0 Å². The largest absolute Gasteiger partial charge is 0.317 e. The smallest absolute Gasteiger partial charge is 0.245 e. The van der Waals surface area contributed by atoms with E-state index in [-0.39, 0.29) is 5.91 Å². The number of aryl methyl sites for hydroxylation is 2. The quantitative estimate of drug-likeness (QED) is 0.885. The van der Waals surface area contributed by atoms with Gasteiger partial charge in [0.15, 0.2) is 5.82 Å². The number of anilines is 1. The summed E-state index contributed by atoms with van der Waals surface area (Å²) in [6.45, 7) is 0.758. The van der Waals surface area contributed by atoms with E-state index in [1.165, 1.54) is 5.56 Å². The highest BCUT2D eigenvalue weighted by Crippen LogP contribution is 2.26. The van der Waals surface area contributed by atoms with E-state index in [9.17, 15) is 4.79 Å². The van der Waals surface area contributed by atoms with Gasteiger partial charge in [-0.3, -0.25) is 14.5 Å². The van der Waals surface area contributed by atoms with Crippen molar-refractivity contribution >= 4 is 11.7 Å². The maximum Gasteiger partial charge on any atom is 0.245 e. The molecule has 0 radical (unpaired) electrons. The summed E-state index contributed by atoms with van der Waals surface area (Å²) in [6.07, 6.45) is 11.0. The Labute approximate surface area is 136 Å². The van der Waals surface area contributed by atoms with Crippen LogP contribution in [0.4, 0.5) is 5.82 Å². The monoisotopic (exact) mass is 313 g/mol. The summed E-state index contributed by atoms with van der Waals surface area (Å²) in [5.74, 6) is 0.455. The number of pyridine rings is 1. The van der Waals surface area contributed by atoms with E-state index in [2.05, 4.69) is 15.4 Å². The van der Waals surface area contributed by atoms with Gasteiger partial charge in [-0.15, -0.1) is 0 Å². The van der Waals surface area contributed by atoms with E-state index >= 15 is 0 Å². The van der Waals surface area contributed by atoms with Crippen molar-refractivity contribution in [3.05, 3.63) is 42.4 Å². The van der Waals surface area contributed by atoms with Crippen LogP contribution in [-0.4, -0.2) is 26.2 Å². The van der Waals surface area contributed by atoms with Gasteiger partial charge in [0.2, 0.25) is 5.91 Å². The Hall–Kier alpha value is -2.21. The first-order valence-corrected chi connectivity index (χ1v) is 8.18. The third kappa shape index (κ3) is 3.96. The van der Waals surface area contributed by atoms with Crippen molar-refractivity contribution < 1.29 is 4.79 Å². The molecule has 0 bridgehead atoms. The Morgan fingerprint density at radius 2 is 1.96 bits per heavy atom. The zero-order valence-electron chi connectivity index (χ0n) is 13.2. The molecule has 0 unspecified atom stereocenters. The summed E-state index contributed by atoms with van der Waals surface area (Å²) in [5.41, 5.74) is 6.71. The molecule has 122 valence electrons. The van der Waals surface area contributed by atoms with Gasteiger partial charge in [-0.2, -0.15) is 5.10 Å². The van der Waals surface area contributed by atoms with Crippen LogP contribution in [-0.2, 0) is 17.8 Å². The van der Waals surface area contributed by atoms with Gasteiger partial charge in [0, 0.05) is 31.2 Å². The molecular formula is C17H23N5O. The Balaban J connectivity index is 1.55. The van der Waals surface area contributed by atoms with Crippen molar-refractivity contribution in [3.8, 4) is 0 Å². The first-order chi connectivity index (χ1) is 11.2. The van der Waals surface area contributed by atoms with Gasteiger partial charge >= 0.3 is 0 Å². The lowest BCUT2D eigenvalue weighted by Crippen LogP contribution is -2.52. The second kappa shape index (κ2) is 6.91. The maximum atomic E-state index is 12.4. The number of amides is 1. The molecule has 2 aromatic rings. The van der Waals surface area contributed by atoms with Crippen molar-refractivity contribution in [3.63, 3.8) is 0 Å². The van der Waals surface area contributed by atoms with Crippen LogP contribution in [0.25, 0.3) is 0 Å². The van der Waals surface area contributed by atoms with Gasteiger partial charge in [0.05, 0.1) is 5.54 Å². The van der Waals surface area contributed by atoms with Crippen molar-refractivity contribution in [1.82, 2.24) is 14.8 Å². The number of nitrogens with one attached hydrogen (secondary N) is 1. The summed E-state index contributed by atoms with van der Waals surface area (Å²) in [5, 5.41) is 7.27. The Morgan fingerprint density at radius 3 is 2.70 bits per heavy atom. The van der Waals surface area contributed by atoms with Crippen LogP contribution in [0.2, 0.25) is 0 Å². The van der Waals surface area contributed by atoms with Crippen LogP contribution >= 0.6 is 0 Å². The maximum absolute atomic E-state index is 12.4. The molecule has 2 aromatic heterocycles. The standard InChI is InChI=1S/C17H23N5O/c18-17(8-2-1-3-9-17)16(23)20-15-7-13-22(21-15)12-6-14-4-10-19-11-5-14/h4-5,7,10-11,13H,1-3,6,8-9,12,18H2,(H,20,21,23). The summed E-state index contributed by atoms with van der Waals surface area (Å²) < 4.78 is 1.83. The van der Waals surface area contributed by atoms with Crippen molar-refractivity contribution in [2.75, 3.05) is 5.32 Å². The second-order valence-corrected chi connectivity index (χ2v) is 6.24. The van der Waals surface area contributed by atoms with Gasteiger partial charge in [0.25, 0.3) is 0 Å². The van der Waals surface area contributed by atoms with Crippen LogP contribution in [0.3, 0.4) is 0 Å². The minimum absolute atomic E-state index is 0.114. The van der Waals surface area contributed by atoms with Gasteiger partial charge in [-0.25, -0.2) is 0 Å². The minimum Gasteiger partial charge on any atom is -0.317 e. The van der Waals surface area contributed by atoms with Gasteiger partial charge < -0.3 is 11.1 Å². The number of carbonyl (C=O) groups excluding carboxylic acids is 1. The van der Waals surface area contributed by atoms with E-state index in [4.69, 9.17) is 5.73 Å². The summed E-state index contributed by atoms with van der Waals surface area (Å²) in [4.78, 5) is 16.4. The van der Waals surface area contributed by atoms with Gasteiger partial charge in [0.1, 0.15) is 0 Å². The first-order valence-electron chi connectivity index (χ1n) is 8.18. The molecular weight excluding hydrogens is 290 g/mol. The third-order valence-corrected chi connectivity index (χ3v) is 4.46. The molecule has 1 amide bonds. The number of nitrogens with two attached hydrogens (primary N) is 1. The van der Waals surface area contributed by atoms with Gasteiger partial charge in [-0.05, 0) is 37.0 Å². The SMILES string of the molecule is NC1(C(=O)Nc2ccn(CCc3ccncc3)n2)CCCCC1. The number of carbonyl (C=O) groups is 1. The predicted molar refractivity (Wildman–Crippen MR) is 88.8 cm³/mol. The molecule has 6 heteroatoms. The van der Waals surface area contributed by atoms with E-state index in [0.29, 0.717) is 5.82 Å². The van der Waals surface area contributed by atoms with Crippen LogP contribution in [0.1, 0.15) is 37.7 Å². The third-order valence-electron chi connectivity index (χ3n) is 4.46.